The van der Waals surface area contributed by atoms with Gasteiger partial charge in [0.15, 0.2) is 5.96 Å². The Morgan fingerprint density at radius 2 is 2.35 bits per heavy atom. The number of nitrogens with one attached hydrogen (secondary N) is 2. The number of nitrogens with zero attached hydrogens (tertiary/aromatic N) is 3. The van der Waals surface area contributed by atoms with Crippen LogP contribution in [0.3, 0.4) is 0 Å². The van der Waals surface area contributed by atoms with Crippen LogP contribution in [-0.2, 0) is 12.8 Å². The molecule has 0 bridgehead atoms. The second-order valence-corrected chi connectivity index (χ2v) is 5.97. The highest BCUT2D eigenvalue weighted by Crippen LogP contribution is 2.21. The van der Waals surface area contributed by atoms with Gasteiger partial charge in [-0.15, -0.1) is 36.3 Å². The Bertz CT molecular complexity index is 556. The molecule has 1 aliphatic carbocycles. The molecule has 1 heterocycles. The molecule has 128 valence electrons. The third-order valence-electron chi connectivity index (χ3n) is 3.84. The standard InChI is InChI=1S/C17H27N5.HI/c1-5-7-10-19-17(18-6-2)20-15-9-8-14-12-22(13(3)4)21-16(14)11-15;/h1,12-13,15H,6-11H2,2-4H3,(H2,18,19,20);1H. The quantitative estimate of drug-likeness (QED) is 0.249. The van der Waals surface area contributed by atoms with Crippen LogP contribution in [0.25, 0.3) is 0 Å². The summed E-state index contributed by atoms with van der Waals surface area (Å²) in [5.74, 6) is 3.48. The summed E-state index contributed by atoms with van der Waals surface area (Å²) in [5.41, 5.74) is 2.61. The van der Waals surface area contributed by atoms with E-state index in [1.165, 1.54) is 11.3 Å². The monoisotopic (exact) mass is 429 g/mol. The minimum Gasteiger partial charge on any atom is -0.357 e. The molecule has 0 fully saturated rings. The smallest absolute Gasteiger partial charge is 0.191 e. The molecule has 23 heavy (non-hydrogen) atoms. The maximum absolute atomic E-state index is 5.28. The average molecular weight is 429 g/mol. The molecule has 1 atom stereocenters. The van der Waals surface area contributed by atoms with Gasteiger partial charge in [-0.3, -0.25) is 9.67 Å². The molecule has 1 unspecified atom stereocenters. The fourth-order valence-electron chi connectivity index (χ4n) is 2.65. The predicted octanol–water partition coefficient (Wildman–Crippen LogP) is 2.52. The number of aromatic nitrogens is 2. The zero-order valence-electron chi connectivity index (χ0n) is 14.3. The van der Waals surface area contributed by atoms with Gasteiger partial charge in [0, 0.05) is 37.7 Å². The van der Waals surface area contributed by atoms with Crippen molar-refractivity contribution in [2.45, 2.75) is 58.5 Å². The van der Waals surface area contributed by atoms with E-state index in [2.05, 4.69) is 53.2 Å². The van der Waals surface area contributed by atoms with Crippen LogP contribution in [0.15, 0.2) is 11.2 Å². The zero-order chi connectivity index (χ0) is 15.9. The van der Waals surface area contributed by atoms with Crippen molar-refractivity contribution in [2.24, 2.45) is 4.99 Å². The van der Waals surface area contributed by atoms with Gasteiger partial charge in [0.25, 0.3) is 0 Å². The summed E-state index contributed by atoms with van der Waals surface area (Å²) in [4.78, 5) is 4.51. The first-order chi connectivity index (χ1) is 10.6. The first-order valence-electron chi connectivity index (χ1n) is 8.19. The average Bonchev–Trinajstić information content (AvgIpc) is 2.91. The normalized spacial score (nSPS) is 17.2. The van der Waals surface area contributed by atoms with Gasteiger partial charge < -0.3 is 10.6 Å². The summed E-state index contributed by atoms with van der Waals surface area (Å²) in [6.07, 6.45) is 11.3. The molecule has 0 spiro atoms. The molecule has 0 radical (unpaired) electrons. The number of hydrogen-bond donors (Lipinski definition) is 2. The van der Waals surface area contributed by atoms with Crippen molar-refractivity contribution >= 4 is 29.9 Å². The maximum Gasteiger partial charge on any atom is 0.191 e. The van der Waals surface area contributed by atoms with Crippen molar-refractivity contribution in [2.75, 3.05) is 13.1 Å². The summed E-state index contributed by atoms with van der Waals surface area (Å²) >= 11 is 0. The van der Waals surface area contributed by atoms with Gasteiger partial charge in [-0.05, 0) is 39.2 Å². The summed E-state index contributed by atoms with van der Waals surface area (Å²) in [6, 6.07) is 0.798. The van der Waals surface area contributed by atoms with E-state index >= 15 is 0 Å². The summed E-state index contributed by atoms with van der Waals surface area (Å²) < 4.78 is 2.07. The van der Waals surface area contributed by atoms with Gasteiger partial charge in [-0.25, -0.2) is 0 Å². The van der Waals surface area contributed by atoms with Crippen molar-refractivity contribution in [3.8, 4) is 12.3 Å². The Morgan fingerprint density at radius 1 is 1.57 bits per heavy atom. The van der Waals surface area contributed by atoms with Crippen molar-refractivity contribution in [3.63, 3.8) is 0 Å². The highest BCUT2D eigenvalue weighted by Gasteiger charge is 2.22. The number of terminal acetylenes is 1. The third-order valence-corrected chi connectivity index (χ3v) is 3.84. The second-order valence-electron chi connectivity index (χ2n) is 5.97. The Kier molecular flexibility index (Phi) is 8.45. The number of rotatable bonds is 5. The molecular formula is C17H28IN5. The Labute approximate surface area is 156 Å². The molecule has 2 N–H and O–H groups in total. The molecule has 0 aliphatic heterocycles. The largest absolute Gasteiger partial charge is 0.357 e. The highest BCUT2D eigenvalue weighted by molar-refractivity contribution is 14.0. The van der Waals surface area contributed by atoms with E-state index < -0.39 is 0 Å². The number of halogens is 1. The van der Waals surface area contributed by atoms with Crippen LogP contribution < -0.4 is 10.6 Å². The molecule has 0 aromatic carbocycles. The Morgan fingerprint density at radius 3 is 3.00 bits per heavy atom. The second kappa shape index (κ2) is 9.81. The SMILES string of the molecule is C#CCCN=C(NCC)NC1CCc2cn(C(C)C)nc2C1.I. The molecule has 5 nitrogen and oxygen atoms in total. The lowest BCUT2D eigenvalue weighted by Gasteiger charge is -2.24. The van der Waals surface area contributed by atoms with Crippen molar-refractivity contribution in [3.05, 3.63) is 17.5 Å². The molecule has 1 aliphatic rings. The Balaban J connectivity index is 0.00000264. The zero-order valence-corrected chi connectivity index (χ0v) is 16.6. The van der Waals surface area contributed by atoms with Crippen molar-refractivity contribution in [1.29, 1.82) is 0 Å². The molecule has 0 saturated heterocycles. The van der Waals surface area contributed by atoms with E-state index in [1.54, 1.807) is 0 Å². The van der Waals surface area contributed by atoms with Gasteiger partial charge >= 0.3 is 0 Å². The van der Waals surface area contributed by atoms with Crippen LogP contribution in [0.2, 0.25) is 0 Å². The van der Waals surface area contributed by atoms with E-state index in [0.717, 1.165) is 31.8 Å². The van der Waals surface area contributed by atoms with Crippen molar-refractivity contribution < 1.29 is 0 Å². The summed E-state index contributed by atoms with van der Waals surface area (Å²) in [7, 11) is 0. The number of aryl methyl sites for hydroxylation is 1. The lowest BCUT2D eigenvalue weighted by Crippen LogP contribution is -2.45. The maximum atomic E-state index is 5.28. The predicted molar refractivity (Wildman–Crippen MR) is 106 cm³/mol. The van der Waals surface area contributed by atoms with E-state index in [-0.39, 0.29) is 24.0 Å². The van der Waals surface area contributed by atoms with E-state index in [4.69, 9.17) is 11.5 Å². The van der Waals surface area contributed by atoms with E-state index in [0.29, 0.717) is 25.0 Å². The molecule has 1 aromatic rings. The van der Waals surface area contributed by atoms with E-state index in [1.807, 2.05) is 0 Å². The molecule has 1 aromatic heterocycles. The van der Waals surface area contributed by atoms with Crippen LogP contribution in [0, 0.1) is 12.3 Å². The molecule has 6 heteroatoms. The topological polar surface area (TPSA) is 54.2 Å². The van der Waals surface area contributed by atoms with Crippen molar-refractivity contribution in [1.82, 2.24) is 20.4 Å². The lowest BCUT2D eigenvalue weighted by atomic mass is 9.94. The first kappa shape index (κ1) is 19.8. The minimum atomic E-state index is 0. The van der Waals surface area contributed by atoms with Crippen LogP contribution in [0.1, 0.15) is 50.9 Å². The van der Waals surface area contributed by atoms with Gasteiger partial charge in [-0.1, -0.05) is 0 Å². The number of aliphatic imine (C=N–C) groups is 1. The number of guanidine groups is 1. The van der Waals surface area contributed by atoms with Gasteiger partial charge in [0.1, 0.15) is 0 Å². The number of fused-ring (bicyclic) bond motifs is 1. The first-order valence-corrected chi connectivity index (χ1v) is 8.19. The Hall–Kier alpha value is -1.23. The molecule has 0 saturated carbocycles. The van der Waals surface area contributed by atoms with Gasteiger partial charge in [0.05, 0.1) is 12.2 Å². The fourth-order valence-corrected chi connectivity index (χ4v) is 2.65. The van der Waals surface area contributed by atoms with E-state index in [9.17, 15) is 0 Å². The molecule has 2 rings (SSSR count). The van der Waals surface area contributed by atoms with Crippen LogP contribution >= 0.6 is 24.0 Å². The fraction of sp³-hybridized carbons (Fsp3) is 0.647. The highest BCUT2D eigenvalue weighted by atomic mass is 127. The lowest BCUT2D eigenvalue weighted by molar-refractivity contribution is 0.499. The van der Waals surface area contributed by atoms with Gasteiger partial charge in [0.2, 0.25) is 0 Å². The summed E-state index contributed by atoms with van der Waals surface area (Å²) in [5, 5.41) is 11.5. The summed E-state index contributed by atoms with van der Waals surface area (Å²) in [6.45, 7) is 7.90. The van der Waals surface area contributed by atoms with Gasteiger partial charge in [-0.2, -0.15) is 5.10 Å². The molecular weight excluding hydrogens is 401 g/mol. The van der Waals surface area contributed by atoms with Crippen LogP contribution in [0.5, 0.6) is 0 Å². The minimum absolute atomic E-state index is 0. The third kappa shape index (κ3) is 5.72. The molecule has 0 amide bonds. The van der Waals surface area contributed by atoms with Crippen LogP contribution in [-0.4, -0.2) is 34.9 Å². The van der Waals surface area contributed by atoms with Crippen LogP contribution in [0.4, 0.5) is 0 Å². The number of hydrogen-bond acceptors (Lipinski definition) is 2.